The third-order valence-electron chi connectivity index (χ3n) is 1.86. The predicted octanol–water partition coefficient (Wildman–Crippen LogP) is 2.33. The van der Waals surface area contributed by atoms with Crippen molar-refractivity contribution in [3.05, 3.63) is 23.4 Å². The van der Waals surface area contributed by atoms with E-state index in [2.05, 4.69) is 11.1 Å². The van der Waals surface area contributed by atoms with E-state index in [0.717, 1.165) is 5.82 Å². The predicted molar refractivity (Wildman–Crippen MR) is 57.3 cm³/mol. The first-order chi connectivity index (χ1) is 6.63. The summed E-state index contributed by atoms with van der Waals surface area (Å²) in [5, 5.41) is 9.13. The molecule has 1 rings (SSSR count). The topological polar surface area (TPSA) is 39.9 Å². The molecule has 0 N–H and O–H groups in total. The fraction of sp³-hybridized carbons (Fsp3) is 0.400. The number of rotatable bonds is 3. The largest absolute Gasteiger partial charge is 0.358 e. The first kappa shape index (κ1) is 10.8. The molecular formula is C10H12ClN3. The molecule has 0 saturated carbocycles. The van der Waals surface area contributed by atoms with Gasteiger partial charge in [0, 0.05) is 13.6 Å². The molecule has 1 atom stereocenters. The van der Waals surface area contributed by atoms with Gasteiger partial charge in [-0.3, -0.25) is 0 Å². The van der Waals surface area contributed by atoms with Crippen LogP contribution in [0, 0.1) is 17.2 Å². The Labute approximate surface area is 88.9 Å². The van der Waals surface area contributed by atoms with E-state index in [1.165, 1.54) is 0 Å². The summed E-state index contributed by atoms with van der Waals surface area (Å²) in [7, 11) is 1.90. The van der Waals surface area contributed by atoms with Gasteiger partial charge in [0.05, 0.1) is 12.0 Å². The molecule has 0 amide bonds. The maximum Gasteiger partial charge on any atom is 0.131 e. The maximum absolute atomic E-state index is 8.66. The highest BCUT2D eigenvalue weighted by Crippen LogP contribution is 2.13. The van der Waals surface area contributed by atoms with Crippen LogP contribution in [0.1, 0.15) is 6.92 Å². The van der Waals surface area contributed by atoms with Crippen LogP contribution in [0.15, 0.2) is 18.2 Å². The normalized spacial score (nSPS) is 11.9. The lowest BCUT2D eigenvalue weighted by Gasteiger charge is -2.18. The molecule has 3 nitrogen and oxygen atoms in total. The fourth-order valence-corrected chi connectivity index (χ4v) is 1.31. The van der Waals surface area contributed by atoms with E-state index in [0.29, 0.717) is 11.7 Å². The minimum atomic E-state index is -0.0132. The highest BCUT2D eigenvalue weighted by atomic mass is 35.5. The zero-order chi connectivity index (χ0) is 10.6. The quantitative estimate of drug-likeness (QED) is 0.718. The van der Waals surface area contributed by atoms with Crippen LogP contribution in [0.5, 0.6) is 0 Å². The standard InChI is InChI=1S/C10H12ClN3/c1-8(6-12)7-14(2)10-5-3-4-9(11)13-10/h3-5,8H,7H2,1-2H3. The Morgan fingerprint density at radius 1 is 1.64 bits per heavy atom. The Morgan fingerprint density at radius 2 is 2.36 bits per heavy atom. The number of pyridine rings is 1. The summed E-state index contributed by atoms with van der Waals surface area (Å²) in [5.74, 6) is 0.778. The van der Waals surface area contributed by atoms with E-state index in [9.17, 15) is 0 Å². The molecular weight excluding hydrogens is 198 g/mol. The maximum atomic E-state index is 8.66. The summed E-state index contributed by atoms with van der Waals surface area (Å²) in [4.78, 5) is 6.06. The number of aromatic nitrogens is 1. The van der Waals surface area contributed by atoms with Gasteiger partial charge in [0.15, 0.2) is 0 Å². The Morgan fingerprint density at radius 3 is 2.93 bits per heavy atom. The molecule has 0 aromatic carbocycles. The number of nitrogens with zero attached hydrogens (tertiary/aromatic N) is 3. The summed E-state index contributed by atoms with van der Waals surface area (Å²) in [6, 6.07) is 7.62. The second-order valence-corrected chi connectivity index (χ2v) is 3.62. The van der Waals surface area contributed by atoms with Gasteiger partial charge in [-0.25, -0.2) is 4.98 Å². The van der Waals surface area contributed by atoms with Crippen molar-refractivity contribution in [3.8, 4) is 6.07 Å². The van der Waals surface area contributed by atoms with Gasteiger partial charge in [-0.05, 0) is 19.1 Å². The van der Waals surface area contributed by atoms with Gasteiger partial charge in [-0.15, -0.1) is 0 Å². The monoisotopic (exact) mass is 209 g/mol. The number of hydrogen-bond donors (Lipinski definition) is 0. The van der Waals surface area contributed by atoms with Crippen molar-refractivity contribution >= 4 is 17.4 Å². The van der Waals surface area contributed by atoms with Gasteiger partial charge in [0.1, 0.15) is 11.0 Å². The van der Waals surface area contributed by atoms with E-state index in [1.807, 2.05) is 31.0 Å². The third kappa shape index (κ3) is 2.90. The Balaban J connectivity index is 2.70. The van der Waals surface area contributed by atoms with E-state index >= 15 is 0 Å². The van der Waals surface area contributed by atoms with Crippen molar-refractivity contribution < 1.29 is 0 Å². The van der Waals surface area contributed by atoms with Crippen molar-refractivity contribution in [1.82, 2.24) is 4.98 Å². The average molecular weight is 210 g/mol. The minimum Gasteiger partial charge on any atom is -0.358 e. The molecule has 1 aromatic rings. The zero-order valence-corrected chi connectivity index (χ0v) is 8.99. The Bertz CT molecular complexity index is 345. The lowest BCUT2D eigenvalue weighted by Crippen LogP contribution is -2.23. The van der Waals surface area contributed by atoms with Crippen LogP contribution in [0.25, 0.3) is 0 Å². The van der Waals surface area contributed by atoms with Crippen LogP contribution >= 0.6 is 11.6 Å². The van der Waals surface area contributed by atoms with Crippen molar-refractivity contribution in [2.24, 2.45) is 5.92 Å². The van der Waals surface area contributed by atoms with Crippen LogP contribution < -0.4 is 4.90 Å². The number of halogens is 1. The number of nitriles is 1. The van der Waals surface area contributed by atoms with Crippen molar-refractivity contribution in [1.29, 1.82) is 5.26 Å². The van der Waals surface area contributed by atoms with Gasteiger partial charge in [-0.2, -0.15) is 5.26 Å². The smallest absolute Gasteiger partial charge is 0.131 e. The molecule has 0 bridgehead atoms. The van der Waals surface area contributed by atoms with Crippen LogP contribution in [-0.4, -0.2) is 18.6 Å². The Kier molecular flexibility index (Phi) is 3.73. The van der Waals surface area contributed by atoms with E-state index in [-0.39, 0.29) is 5.92 Å². The van der Waals surface area contributed by atoms with Crippen molar-refractivity contribution in [3.63, 3.8) is 0 Å². The van der Waals surface area contributed by atoms with Gasteiger partial charge in [0.25, 0.3) is 0 Å². The molecule has 0 spiro atoms. The van der Waals surface area contributed by atoms with Gasteiger partial charge in [-0.1, -0.05) is 17.7 Å². The summed E-state index contributed by atoms with van der Waals surface area (Å²) in [6.45, 7) is 2.53. The molecule has 0 saturated heterocycles. The molecule has 4 heteroatoms. The van der Waals surface area contributed by atoms with Crippen LogP contribution in [-0.2, 0) is 0 Å². The molecule has 1 aromatic heterocycles. The molecule has 0 aliphatic rings. The molecule has 0 aliphatic heterocycles. The van der Waals surface area contributed by atoms with Crippen molar-refractivity contribution in [2.45, 2.75) is 6.92 Å². The van der Waals surface area contributed by atoms with Gasteiger partial charge >= 0.3 is 0 Å². The van der Waals surface area contributed by atoms with E-state index in [1.54, 1.807) is 6.07 Å². The van der Waals surface area contributed by atoms with Crippen LogP contribution in [0.2, 0.25) is 5.15 Å². The van der Waals surface area contributed by atoms with Crippen LogP contribution in [0.4, 0.5) is 5.82 Å². The first-order valence-corrected chi connectivity index (χ1v) is 4.74. The fourth-order valence-electron chi connectivity index (χ4n) is 1.16. The lowest BCUT2D eigenvalue weighted by molar-refractivity contribution is 0.710. The van der Waals surface area contributed by atoms with E-state index in [4.69, 9.17) is 16.9 Å². The molecule has 0 aliphatic carbocycles. The highest BCUT2D eigenvalue weighted by molar-refractivity contribution is 6.29. The number of hydrogen-bond acceptors (Lipinski definition) is 3. The summed E-state index contributed by atoms with van der Waals surface area (Å²) in [6.07, 6.45) is 0. The summed E-state index contributed by atoms with van der Waals surface area (Å²) >= 11 is 5.76. The minimum absolute atomic E-state index is 0.0132. The molecule has 0 fully saturated rings. The number of anilines is 1. The first-order valence-electron chi connectivity index (χ1n) is 4.37. The third-order valence-corrected chi connectivity index (χ3v) is 2.07. The van der Waals surface area contributed by atoms with Crippen molar-refractivity contribution in [2.75, 3.05) is 18.5 Å². The molecule has 1 heterocycles. The zero-order valence-electron chi connectivity index (χ0n) is 8.24. The average Bonchev–Trinajstić information content (AvgIpc) is 2.17. The lowest BCUT2D eigenvalue weighted by atomic mass is 10.2. The van der Waals surface area contributed by atoms with E-state index < -0.39 is 0 Å². The molecule has 0 radical (unpaired) electrons. The second kappa shape index (κ2) is 4.83. The Hall–Kier alpha value is -1.27. The summed E-state index contributed by atoms with van der Waals surface area (Å²) in [5.41, 5.74) is 0. The van der Waals surface area contributed by atoms with Gasteiger partial charge in [0.2, 0.25) is 0 Å². The van der Waals surface area contributed by atoms with Gasteiger partial charge < -0.3 is 4.90 Å². The summed E-state index contributed by atoms with van der Waals surface area (Å²) < 4.78 is 0. The molecule has 74 valence electrons. The second-order valence-electron chi connectivity index (χ2n) is 3.23. The molecule has 1 unspecified atom stereocenters. The highest BCUT2D eigenvalue weighted by Gasteiger charge is 2.07. The SMILES string of the molecule is CC(C#N)CN(C)c1cccc(Cl)n1. The molecule has 14 heavy (non-hydrogen) atoms. The van der Waals surface area contributed by atoms with Crippen LogP contribution in [0.3, 0.4) is 0 Å².